The van der Waals surface area contributed by atoms with E-state index in [1.54, 1.807) is 0 Å². The largest absolute Gasteiger partial charge is 0.316 e. The number of fused-ring (bicyclic) bond motifs is 2. The molecule has 0 amide bonds. The molecule has 1 aliphatic heterocycles. The summed E-state index contributed by atoms with van der Waals surface area (Å²) in [6.07, 6.45) is 7.89. The Bertz CT molecular complexity index is 994. The van der Waals surface area contributed by atoms with Gasteiger partial charge in [-0.3, -0.25) is 4.57 Å². The maximum absolute atomic E-state index is 4.98. The number of hydrogen-bond donors (Lipinski definition) is 0. The Morgan fingerprint density at radius 3 is 2.65 bits per heavy atom. The molecule has 3 aromatic rings. The molecular formula is C23H25N3. The number of anilines is 1. The smallest absolute Gasteiger partial charge is 0.215 e. The Balaban J connectivity index is 1.72. The second-order valence-electron chi connectivity index (χ2n) is 6.99. The van der Waals surface area contributed by atoms with Gasteiger partial charge in [0.05, 0.1) is 5.69 Å². The molecule has 0 N–H and O–H groups in total. The van der Waals surface area contributed by atoms with Gasteiger partial charge in [0.2, 0.25) is 5.95 Å². The third-order valence-corrected chi connectivity index (χ3v) is 5.07. The van der Waals surface area contributed by atoms with Crippen molar-refractivity contribution >= 4 is 22.4 Å². The topological polar surface area (TPSA) is 21.1 Å². The van der Waals surface area contributed by atoms with Crippen molar-refractivity contribution in [2.75, 3.05) is 11.4 Å². The highest BCUT2D eigenvalue weighted by molar-refractivity contribution is 5.87. The third kappa shape index (κ3) is 2.94. The molecule has 3 heteroatoms. The van der Waals surface area contributed by atoms with Gasteiger partial charge in [-0.05, 0) is 36.3 Å². The molecule has 2 heterocycles. The Hall–Kier alpha value is -2.81. The number of allylic oxidation sites excluding steroid dienone is 3. The molecule has 2 aromatic carbocycles. The van der Waals surface area contributed by atoms with Crippen molar-refractivity contribution in [2.45, 2.75) is 33.1 Å². The maximum Gasteiger partial charge on any atom is 0.215 e. The number of benzene rings is 2. The van der Waals surface area contributed by atoms with Crippen LogP contribution >= 0.6 is 0 Å². The standard InChI is InChI=1S/C23H25N3/c1-4-5-8-13-25-17(2)14-18(3)26-16-22(24-23(25)26)21-12-11-19-9-6-7-10-20(19)15-21/h6-7,9-12,14-16H,3-5,8,13H2,1-2H3. The first kappa shape index (κ1) is 16.6. The zero-order chi connectivity index (χ0) is 18.1. The van der Waals surface area contributed by atoms with Crippen LogP contribution in [0.5, 0.6) is 0 Å². The molecule has 26 heavy (non-hydrogen) atoms. The van der Waals surface area contributed by atoms with Gasteiger partial charge >= 0.3 is 0 Å². The van der Waals surface area contributed by atoms with E-state index in [4.69, 9.17) is 4.98 Å². The van der Waals surface area contributed by atoms with Crippen molar-refractivity contribution < 1.29 is 0 Å². The van der Waals surface area contributed by atoms with Crippen molar-refractivity contribution in [1.29, 1.82) is 0 Å². The van der Waals surface area contributed by atoms with E-state index in [1.807, 2.05) is 0 Å². The van der Waals surface area contributed by atoms with Gasteiger partial charge in [-0.2, -0.15) is 0 Å². The average Bonchev–Trinajstić information content (AvgIpc) is 3.10. The Morgan fingerprint density at radius 2 is 1.85 bits per heavy atom. The highest BCUT2D eigenvalue weighted by Crippen LogP contribution is 2.33. The van der Waals surface area contributed by atoms with Gasteiger partial charge in [-0.1, -0.05) is 62.7 Å². The summed E-state index contributed by atoms with van der Waals surface area (Å²) < 4.78 is 2.11. The predicted molar refractivity (Wildman–Crippen MR) is 111 cm³/mol. The van der Waals surface area contributed by atoms with E-state index in [9.17, 15) is 0 Å². The summed E-state index contributed by atoms with van der Waals surface area (Å²) in [7, 11) is 0. The molecule has 0 saturated carbocycles. The molecule has 0 spiro atoms. The SMILES string of the molecule is C=C1C=C(C)N(CCCCC)c2nc(-c3ccc4ccccc4c3)cn21. The van der Waals surface area contributed by atoms with Gasteiger partial charge < -0.3 is 4.90 Å². The van der Waals surface area contributed by atoms with Crippen molar-refractivity contribution in [2.24, 2.45) is 0 Å². The summed E-state index contributed by atoms with van der Waals surface area (Å²) >= 11 is 0. The van der Waals surface area contributed by atoms with Crippen molar-refractivity contribution in [3.05, 3.63) is 67.0 Å². The first-order valence-electron chi connectivity index (χ1n) is 9.41. The maximum atomic E-state index is 4.98. The van der Waals surface area contributed by atoms with Crippen molar-refractivity contribution in [1.82, 2.24) is 9.55 Å². The Kier molecular flexibility index (Phi) is 4.37. The van der Waals surface area contributed by atoms with Gasteiger partial charge in [0.25, 0.3) is 0 Å². The quantitative estimate of drug-likeness (QED) is 0.523. The summed E-state index contributed by atoms with van der Waals surface area (Å²) in [6.45, 7) is 9.59. The van der Waals surface area contributed by atoms with Crippen LogP contribution in [0.15, 0.2) is 67.0 Å². The monoisotopic (exact) mass is 343 g/mol. The first-order valence-corrected chi connectivity index (χ1v) is 9.41. The molecule has 0 fully saturated rings. The van der Waals surface area contributed by atoms with E-state index in [1.165, 1.54) is 35.7 Å². The van der Waals surface area contributed by atoms with Crippen LogP contribution in [0.3, 0.4) is 0 Å². The van der Waals surface area contributed by atoms with E-state index < -0.39 is 0 Å². The Labute approximate surface area is 155 Å². The second-order valence-corrected chi connectivity index (χ2v) is 6.99. The number of imidazole rings is 1. The molecule has 0 saturated heterocycles. The van der Waals surface area contributed by atoms with Crippen LogP contribution in [0.25, 0.3) is 27.7 Å². The molecule has 0 bridgehead atoms. The van der Waals surface area contributed by atoms with Gasteiger partial charge in [-0.25, -0.2) is 4.98 Å². The summed E-state index contributed by atoms with van der Waals surface area (Å²) in [5, 5.41) is 2.49. The van der Waals surface area contributed by atoms with Gasteiger partial charge in [0, 0.05) is 29.7 Å². The van der Waals surface area contributed by atoms with Crippen LogP contribution in [0.4, 0.5) is 5.95 Å². The lowest BCUT2D eigenvalue weighted by atomic mass is 10.1. The molecule has 0 unspecified atom stereocenters. The Morgan fingerprint density at radius 1 is 1.04 bits per heavy atom. The van der Waals surface area contributed by atoms with Gasteiger partial charge in [-0.15, -0.1) is 0 Å². The van der Waals surface area contributed by atoms with Crippen LogP contribution in [0.1, 0.15) is 33.1 Å². The lowest BCUT2D eigenvalue weighted by Crippen LogP contribution is -2.28. The molecule has 0 aliphatic carbocycles. The number of nitrogens with zero attached hydrogens (tertiary/aromatic N) is 3. The fraction of sp³-hybridized carbons (Fsp3) is 0.261. The lowest BCUT2D eigenvalue weighted by Gasteiger charge is -2.29. The van der Waals surface area contributed by atoms with Crippen LogP contribution in [-0.4, -0.2) is 16.1 Å². The molecule has 0 radical (unpaired) electrons. The van der Waals surface area contributed by atoms with Crippen LogP contribution in [0, 0.1) is 0 Å². The van der Waals surface area contributed by atoms with E-state index in [-0.39, 0.29) is 0 Å². The first-order chi connectivity index (χ1) is 12.7. The number of rotatable bonds is 5. The van der Waals surface area contributed by atoms with Gasteiger partial charge in [0.1, 0.15) is 0 Å². The lowest BCUT2D eigenvalue weighted by molar-refractivity contribution is 0.691. The molecule has 1 aliphatic rings. The van der Waals surface area contributed by atoms with E-state index in [0.717, 1.165) is 29.4 Å². The van der Waals surface area contributed by atoms with E-state index in [2.05, 4.69) is 84.6 Å². The number of unbranched alkanes of at least 4 members (excludes halogenated alkanes) is 2. The summed E-state index contributed by atoms with van der Waals surface area (Å²) in [5.74, 6) is 0.981. The van der Waals surface area contributed by atoms with E-state index in [0.29, 0.717) is 0 Å². The molecular weight excluding hydrogens is 318 g/mol. The fourth-order valence-electron chi connectivity index (χ4n) is 3.60. The minimum Gasteiger partial charge on any atom is -0.316 e. The average molecular weight is 343 g/mol. The zero-order valence-electron chi connectivity index (χ0n) is 15.6. The summed E-state index contributed by atoms with van der Waals surface area (Å²) in [4.78, 5) is 7.29. The third-order valence-electron chi connectivity index (χ3n) is 5.07. The van der Waals surface area contributed by atoms with Gasteiger partial charge in [0.15, 0.2) is 0 Å². The minimum atomic E-state index is 0.976. The van der Waals surface area contributed by atoms with E-state index >= 15 is 0 Å². The molecule has 132 valence electrons. The number of hydrogen-bond acceptors (Lipinski definition) is 2. The summed E-state index contributed by atoms with van der Waals surface area (Å²) in [5.41, 5.74) is 4.33. The zero-order valence-corrected chi connectivity index (χ0v) is 15.6. The molecule has 0 atom stereocenters. The number of aromatic nitrogens is 2. The second kappa shape index (κ2) is 6.83. The normalized spacial score (nSPS) is 13.8. The molecule has 3 nitrogen and oxygen atoms in total. The summed E-state index contributed by atoms with van der Waals surface area (Å²) in [6, 6.07) is 15.0. The predicted octanol–water partition coefficient (Wildman–Crippen LogP) is 6.09. The highest BCUT2D eigenvalue weighted by Gasteiger charge is 2.22. The van der Waals surface area contributed by atoms with Crippen LogP contribution < -0.4 is 4.90 Å². The minimum absolute atomic E-state index is 0.976. The molecule has 1 aromatic heterocycles. The van der Waals surface area contributed by atoms with Crippen molar-refractivity contribution in [3.8, 4) is 11.3 Å². The highest BCUT2D eigenvalue weighted by atomic mass is 15.3. The van der Waals surface area contributed by atoms with Crippen LogP contribution in [-0.2, 0) is 0 Å². The van der Waals surface area contributed by atoms with Crippen LogP contribution in [0.2, 0.25) is 0 Å². The molecule has 4 rings (SSSR count). The fourth-order valence-corrected chi connectivity index (χ4v) is 3.60. The van der Waals surface area contributed by atoms with Crippen molar-refractivity contribution in [3.63, 3.8) is 0 Å².